The summed E-state index contributed by atoms with van der Waals surface area (Å²) in [4.78, 5) is 28.2. The molecule has 0 bridgehead atoms. The summed E-state index contributed by atoms with van der Waals surface area (Å²) in [5.74, 6) is -0.961. The molecule has 0 fully saturated rings. The normalized spacial score (nSPS) is 13.4. The number of carboxylic acid groups (broad SMARTS) is 1. The number of nitrogens with zero attached hydrogens (tertiary/aromatic N) is 2. The fourth-order valence-corrected chi connectivity index (χ4v) is 3.74. The van der Waals surface area contributed by atoms with E-state index in [0.29, 0.717) is 19.6 Å². The van der Waals surface area contributed by atoms with Crippen molar-refractivity contribution in [1.82, 2.24) is 4.90 Å². The summed E-state index contributed by atoms with van der Waals surface area (Å²) in [6, 6.07) is 26.4. The molecule has 2 amide bonds. The average molecular weight is 412 g/mol. The van der Waals surface area contributed by atoms with Gasteiger partial charge in [-0.25, -0.2) is 9.59 Å². The number of carboxylic acids is 1. The molecule has 0 radical (unpaired) electrons. The first kappa shape index (κ1) is 20.4. The molecule has 0 atom stereocenters. The average Bonchev–Trinajstić information content (AvgIpc) is 2.83. The Labute approximate surface area is 181 Å². The van der Waals surface area contributed by atoms with Crippen molar-refractivity contribution >= 4 is 23.3 Å². The number of carbonyl (C=O) groups is 2. The Kier molecular flexibility index (Phi) is 6.13. The molecule has 0 unspecified atom stereocenters. The Bertz CT molecular complexity index is 1080. The smallest absolute Gasteiger partial charge is 0.335 e. The lowest BCUT2D eigenvalue weighted by molar-refractivity contribution is 0.0697. The zero-order chi connectivity index (χ0) is 21.6. The fourth-order valence-electron chi connectivity index (χ4n) is 3.74. The fraction of sp³-hybridized carbons (Fsp3) is 0.154. The molecule has 31 heavy (non-hydrogen) atoms. The van der Waals surface area contributed by atoms with Crippen molar-refractivity contribution in [1.29, 1.82) is 0 Å². The predicted octanol–water partition coefficient (Wildman–Crippen LogP) is 5.30. The van der Waals surface area contributed by atoms with Gasteiger partial charge in [0.2, 0.25) is 0 Å². The molecule has 0 saturated carbocycles. The number of hydrogen-bond donors (Lipinski definition) is 1. The lowest BCUT2D eigenvalue weighted by Gasteiger charge is -2.33. The van der Waals surface area contributed by atoms with Crippen LogP contribution in [-0.2, 0) is 6.54 Å². The van der Waals surface area contributed by atoms with Gasteiger partial charge in [-0.3, -0.25) is 4.90 Å². The van der Waals surface area contributed by atoms with Gasteiger partial charge in [-0.2, -0.15) is 0 Å². The second-order valence-electron chi connectivity index (χ2n) is 7.50. The minimum Gasteiger partial charge on any atom is -0.478 e. The number of carbonyl (C=O) groups excluding carboxylic acids is 1. The number of anilines is 1. The molecule has 0 aliphatic carbocycles. The van der Waals surface area contributed by atoms with Crippen LogP contribution >= 0.6 is 0 Å². The zero-order valence-electron chi connectivity index (χ0n) is 17.1. The zero-order valence-corrected chi connectivity index (χ0v) is 17.1. The highest BCUT2D eigenvalue weighted by molar-refractivity contribution is 5.92. The van der Waals surface area contributed by atoms with E-state index in [1.54, 1.807) is 29.2 Å². The first-order valence-corrected chi connectivity index (χ1v) is 10.3. The number of amides is 2. The van der Waals surface area contributed by atoms with Crippen molar-refractivity contribution in [3.8, 4) is 0 Å². The van der Waals surface area contributed by atoms with Gasteiger partial charge >= 0.3 is 12.0 Å². The van der Waals surface area contributed by atoms with Crippen LogP contribution in [0.1, 0.15) is 27.9 Å². The molecule has 156 valence electrons. The van der Waals surface area contributed by atoms with Crippen LogP contribution in [0.2, 0.25) is 0 Å². The van der Waals surface area contributed by atoms with E-state index in [2.05, 4.69) is 18.2 Å². The molecule has 1 aliphatic rings. The SMILES string of the molecule is O=C(O)c1ccc(CN(C(=O)N2CC=C(c3ccccc3)CC2)c2ccccc2)cc1. The molecule has 4 rings (SSSR count). The van der Waals surface area contributed by atoms with E-state index in [-0.39, 0.29) is 11.6 Å². The summed E-state index contributed by atoms with van der Waals surface area (Å²) >= 11 is 0. The first-order valence-electron chi connectivity index (χ1n) is 10.3. The number of aromatic carboxylic acids is 1. The van der Waals surface area contributed by atoms with Crippen LogP contribution in [0.3, 0.4) is 0 Å². The molecule has 0 spiro atoms. The summed E-state index contributed by atoms with van der Waals surface area (Å²) in [7, 11) is 0. The number of benzene rings is 3. The van der Waals surface area contributed by atoms with Gasteiger partial charge in [0.25, 0.3) is 0 Å². The quantitative estimate of drug-likeness (QED) is 0.619. The Hall–Kier alpha value is -3.86. The second-order valence-corrected chi connectivity index (χ2v) is 7.50. The van der Waals surface area contributed by atoms with Crippen molar-refractivity contribution in [2.75, 3.05) is 18.0 Å². The highest BCUT2D eigenvalue weighted by Crippen LogP contribution is 2.25. The van der Waals surface area contributed by atoms with E-state index in [9.17, 15) is 9.59 Å². The third kappa shape index (κ3) is 4.83. The number of urea groups is 1. The third-order valence-electron chi connectivity index (χ3n) is 5.46. The predicted molar refractivity (Wildman–Crippen MR) is 122 cm³/mol. The van der Waals surface area contributed by atoms with E-state index in [1.165, 1.54) is 11.1 Å². The highest BCUT2D eigenvalue weighted by atomic mass is 16.4. The molecular weight excluding hydrogens is 388 g/mol. The van der Waals surface area contributed by atoms with Gasteiger partial charge in [-0.15, -0.1) is 0 Å². The van der Waals surface area contributed by atoms with Crippen LogP contribution in [0.25, 0.3) is 5.57 Å². The summed E-state index contributed by atoms with van der Waals surface area (Å²) < 4.78 is 0. The van der Waals surface area contributed by atoms with Crippen LogP contribution < -0.4 is 4.90 Å². The van der Waals surface area contributed by atoms with E-state index in [0.717, 1.165) is 17.7 Å². The number of rotatable bonds is 5. The van der Waals surface area contributed by atoms with E-state index in [4.69, 9.17) is 5.11 Å². The lowest BCUT2D eigenvalue weighted by atomic mass is 10.00. The van der Waals surface area contributed by atoms with Gasteiger partial charge in [0.1, 0.15) is 0 Å². The monoisotopic (exact) mass is 412 g/mol. The van der Waals surface area contributed by atoms with Crippen molar-refractivity contribution in [2.24, 2.45) is 0 Å². The Morgan fingerprint density at radius 2 is 1.52 bits per heavy atom. The lowest BCUT2D eigenvalue weighted by Crippen LogP contribution is -2.44. The molecule has 0 saturated heterocycles. The molecule has 3 aromatic carbocycles. The molecule has 3 aromatic rings. The second kappa shape index (κ2) is 9.30. The highest BCUT2D eigenvalue weighted by Gasteiger charge is 2.24. The van der Waals surface area contributed by atoms with Crippen molar-refractivity contribution < 1.29 is 14.7 Å². The molecule has 1 N–H and O–H groups in total. The van der Waals surface area contributed by atoms with Crippen molar-refractivity contribution in [3.63, 3.8) is 0 Å². The number of para-hydroxylation sites is 1. The molecule has 5 heteroatoms. The maximum Gasteiger partial charge on any atom is 0.335 e. The van der Waals surface area contributed by atoms with Crippen molar-refractivity contribution in [3.05, 3.63) is 108 Å². The van der Waals surface area contributed by atoms with Crippen LogP contribution in [0.4, 0.5) is 10.5 Å². The summed E-state index contributed by atoms with van der Waals surface area (Å²) in [6.07, 6.45) is 2.94. The summed E-state index contributed by atoms with van der Waals surface area (Å²) in [6.45, 7) is 1.58. The van der Waals surface area contributed by atoms with Crippen LogP contribution in [0, 0.1) is 0 Å². The number of hydrogen-bond acceptors (Lipinski definition) is 2. The van der Waals surface area contributed by atoms with Gasteiger partial charge in [0.05, 0.1) is 12.1 Å². The van der Waals surface area contributed by atoms with E-state index >= 15 is 0 Å². The van der Waals surface area contributed by atoms with Gasteiger partial charge in [-0.05, 0) is 47.4 Å². The maximum absolute atomic E-state index is 13.4. The third-order valence-corrected chi connectivity index (χ3v) is 5.46. The summed E-state index contributed by atoms with van der Waals surface area (Å²) in [5, 5.41) is 9.12. The Balaban J connectivity index is 1.54. The molecular formula is C26H24N2O3. The first-order chi connectivity index (χ1) is 15.1. The largest absolute Gasteiger partial charge is 0.478 e. The van der Waals surface area contributed by atoms with Gasteiger partial charge < -0.3 is 10.0 Å². The molecule has 0 aromatic heterocycles. The minimum absolute atomic E-state index is 0.0585. The standard InChI is InChI=1S/C26H24N2O3/c29-25(30)23-13-11-20(12-14-23)19-28(24-9-5-2-6-10-24)26(31)27-17-15-22(16-18-27)21-7-3-1-4-8-21/h1-15H,16-19H2,(H,29,30). The molecule has 1 aliphatic heterocycles. The van der Waals surface area contributed by atoms with E-state index in [1.807, 2.05) is 53.4 Å². The van der Waals surface area contributed by atoms with Crippen LogP contribution in [0.5, 0.6) is 0 Å². The molecule has 1 heterocycles. The van der Waals surface area contributed by atoms with Crippen molar-refractivity contribution in [2.45, 2.75) is 13.0 Å². The topological polar surface area (TPSA) is 60.9 Å². The Morgan fingerprint density at radius 3 is 2.10 bits per heavy atom. The minimum atomic E-state index is -0.961. The van der Waals surface area contributed by atoms with Gasteiger partial charge in [0, 0.05) is 18.8 Å². The molecule has 5 nitrogen and oxygen atoms in total. The maximum atomic E-state index is 13.4. The summed E-state index contributed by atoms with van der Waals surface area (Å²) in [5.41, 5.74) is 4.39. The van der Waals surface area contributed by atoms with Crippen LogP contribution in [-0.4, -0.2) is 35.1 Å². The van der Waals surface area contributed by atoms with Gasteiger partial charge in [-0.1, -0.05) is 66.7 Å². The van der Waals surface area contributed by atoms with E-state index < -0.39 is 5.97 Å². The van der Waals surface area contributed by atoms with Crippen LogP contribution in [0.15, 0.2) is 91.0 Å². The van der Waals surface area contributed by atoms with Gasteiger partial charge in [0.15, 0.2) is 0 Å². The Morgan fingerprint density at radius 1 is 0.871 bits per heavy atom.